The summed E-state index contributed by atoms with van der Waals surface area (Å²) in [5.41, 5.74) is 3.72. The van der Waals surface area contributed by atoms with Crippen LogP contribution in [0.2, 0.25) is 5.02 Å². The molecular weight excluding hydrogens is 304 g/mol. The molecule has 0 radical (unpaired) electrons. The molecule has 0 fully saturated rings. The van der Waals surface area contributed by atoms with Crippen LogP contribution in [0.1, 0.15) is 21.5 Å². The van der Waals surface area contributed by atoms with Gasteiger partial charge in [0.2, 0.25) is 5.91 Å². The molecule has 6 heteroatoms. The molecule has 0 saturated heterocycles. The van der Waals surface area contributed by atoms with Gasteiger partial charge in [0.15, 0.2) is 0 Å². The molecule has 5 nitrogen and oxygen atoms in total. The number of nitrogens with zero attached hydrogens (tertiary/aromatic N) is 1. The van der Waals surface area contributed by atoms with Gasteiger partial charge in [0, 0.05) is 10.6 Å². The number of aromatic carboxylic acids is 1. The number of hydrogen-bond acceptors (Lipinski definition) is 3. The van der Waals surface area contributed by atoms with Crippen LogP contribution in [0.4, 0.5) is 0 Å². The molecule has 2 rings (SSSR count). The SMILES string of the molecule is O=C(Cc1ccc(Cl)cc1)N/N=C\c1ccccc1C(=O)O. The number of benzene rings is 2. The van der Waals surface area contributed by atoms with Gasteiger partial charge < -0.3 is 5.11 Å². The smallest absolute Gasteiger partial charge is 0.336 e. The molecule has 0 saturated carbocycles. The minimum atomic E-state index is -1.05. The van der Waals surface area contributed by atoms with Gasteiger partial charge in [0.1, 0.15) is 0 Å². The number of rotatable bonds is 5. The lowest BCUT2D eigenvalue weighted by atomic mass is 10.1. The Morgan fingerprint density at radius 1 is 1.14 bits per heavy atom. The van der Waals surface area contributed by atoms with Crippen LogP contribution >= 0.6 is 11.6 Å². The molecule has 0 heterocycles. The first-order valence-corrected chi connectivity index (χ1v) is 6.83. The van der Waals surface area contributed by atoms with Crippen molar-refractivity contribution in [1.29, 1.82) is 0 Å². The monoisotopic (exact) mass is 316 g/mol. The largest absolute Gasteiger partial charge is 0.478 e. The molecule has 2 N–H and O–H groups in total. The molecule has 0 atom stereocenters. The Hall–Kier alpha value is -2.66. The number of amides is 1. The third-order valence-corrected chi connectivity index (χ3v) is 3.11. The fourth-order valence-corrected chi connectivity index (χ4v) is 1.93. The van der Waals surface area contributed by atoms with E-state index in [1.54, 1.807) is 42.5 Å². The minimum Gasteiger partial charge on any atom is -0.478 e. The minimum absolute atomic E-state index is 0.123. The van der Waals surface area contributed by atoms with Gasteiger partial charge in [-0.25, -0.2) is 10.2 Å². The van der Waals surface area contributed by atoms with E-state index in [1.807, 2.05) is 0 Å². The Balaban J connectivity index is 1.96. The van der Waals surface area contributed by atoms with E-state index in [-0.39, 0.29) is 17.9 Å². The molecule has 112 valence electrons. The van der Waals surface area contributed by atoms with Crippen molar-refractivity contribution in [2.24, 2.45) is 5.10 Å². The number of carbonyl (C=O) groups is 2. The van der Waals surface area contributed by atoms with Crippen LogP contribution < -0.4 is 5.43 Å². The van der Waals surface area contributed by atoms with Gasteiger partial charge in [-0.05, 0) is 23.8 Å². The Morgan fingerprint density at radius 3 is 2.50 bits per heavy atom. The molecule has 0 aliphatic rings. The normalized spacial score (nSPS) is 10.6. The predicted molar refractivity (Wildman–Crippen MR) is 84.3 cm³/mol. The second kappa shape index (κ2) is 7.38. The number of carbonyl (C=O) groups excluding carboxylic acids is 1. The van der Waals surface area contributed by atoms with Crippen LogP contribution in [-0.2, 0) is 11.2 Å². The zero-order valence-corrected chi connectivity index (χ0v) is 12.2. The van der Waals surface area contributed by atoms with Crippen LogP contribution in [0.25, 0.3) is 0 Å². The van der Waals surface area contributed by atoms with Crippen molar-refractivity contribution < 1.29 is 14.7 Å². The average molecular weight is 317 g/mol. The molecule has 2 aromatic carbocycles. The summed E-state index contributed by atoms with van der Waals surface area (Å²) in [4.78, 5) is 22.8. The van der Waals surface area contributed by atoms with Crippen LogP contribution in [0.15, 0.2) is 53.6 Å². The second-order valence-corrected chi connectivity index (χ2v) is 4.93. The maximum atomic E-state index is 11.7. The van der Waals surface area contributed by atoms with E-state index in [0.717, 1.165) is 5.56 Å². The van der Waals surface area contributed by atoms with E-state index in [0.29, 0.717) is 10.6 Å². The lowest BCUT2D eigenvalue weighted by Crippen LogP contribution is -2.19. The summed E-state index contributed by atoms with van der Waals surface area (Å²) in [7, 11) is 0. The maximum Gasteiger partial charge on any atom is 0.336 e. The highest BCUT2D eigenvalue weighted by Crippen LogP contribution is 2.10. The topological polar surface area (TPSA) is 78.8 Å². The van der Waals surface area contributed by atoms with Crippen molar-refractivity contribution in [3.05, 3.63) is 70.2 Å². The molecule has 22 heavy (non-hydrogen) atoms. The first-order valence-electron chi connectivity index (χ1n) is 6.45. The summed E-state index contributed by atoms with van der Waals surface area (Å²) < 4.78 is 0. The highest BCUT2D eigenvalue weighted by atomic mass is 35.5. The van der Waals surface area contributed by atoms with Gasteiger partial charge in [-0.1, -0.05) is 41.9 Å². The summed E-state index contributed by atoms with van der Waals surface area (Å²) in [5, 5.41) is 13.4. The first-order chi connectivity index (χ1) is 10.6. The fraction of sp³-hybridized carbons (Fsp3) is 0.0625. The highest BCUT2D eigenvalue weighted by molar-refractivity contribution is 6.30. The molecule has 0 unspecified atom stereocenters. The first kappa shape index (κ1) is 15.7. The summed E-state index contributed by atoms with van der Waals surface area (Å²) in [5.74, 6) is -1.35. The number of carboxylic acid groups (broad SMARTS) is 1. The predicted octanol–water partition coefficient (Wildman–Crippen LogP) is 2.73. The van der Waals surface area contributed by atoms with E-state index in [2.05, 4.69) is 10.5 Å². The zero-order valence-electron chi connectivity index (χ0n) is 11.5. The molecule has 0 aromatic heterocycles. The van der Waals surface area contributed by atoms with Crippen LogP contribution in [-0.4, -0.2) is 23.2 Å². The summed E-state index contributed by atoms with van der Waals surface area (Å²) in [6.07, 6.45) is 1.47. The van der Waals surface area contributed by atoms with Gasteiger partial charge in [0.05, 0.1) is 18.2 Å². The van der Waals surface area contributed by atoms with Crippen molar-refractivity contribution in [2.75, 3.05) is 0 Å². The molecule has 0 spiro atoms. The summed E-state index contributed by atoms with van der Waals surface area (Å²) in [6, 6.07) is 13.3. The molecule has 1 amide bonds. The number of nitrogens with one attached hydrogen (secondary N) is 1. The Labute approximate surface area is 132 Å². The number of hydrazone groups is 1. The Bertz CT molecular complexity index is 712. The van der Waals surface area contributed by atoms with E-state index in [9.17, 15) is 9.59 Å². The van der Waals surface area contributed by atoms with Gasteiger partial charge in [0.25, 0.3) is 0 Å². The summed E-state index contributed by atoms with van der Waals surface area (Å²) >= 11 is 5.77. The third-order valence-electron chi connectivity index (χ3n) is 2.86. The van der Waals surface area contributed by atoms with E-state index >= 15 is 0 Å². The lowest BCUT2D eigenvalue weighted by molar-refractivity contribution is -0.120. The molecular formula is C16H13ClN2O3. The van der Waals surface area contributed by atoms with Crippen molar-refractivity contribution in [3.63, 3.8) is 0 Å². The van der Waals surface area contributed by atoms with E-state index in [1.165, 1.54) is 12.3 Å². The van der Waals surface area contributed by atoms with Gasteiger partial charge in [-0.15, -0.1) is 0 Å². The highest BCUT2D eigenvalue weighted by Gasteiger charge is 2.07. The Kier molecular flexibility index (Phi) is 5.27. The van der Waals surface area contributed by atoms with Crippen LogP contribution in [0, 0.1) is 0 Å². The quantitative estimate of drug-likeness (QED) is 0.657. The zero-order chi connectivity index (χ0) is 15.9. The van der Waals surface area contributed by atoms with Crippen molar-refractivity contribution in [3.8, 4) is 0 Å². The number of hydrogen-bond donors (Lipinski definition) is 2. The van der Waals surface area contributed by atoms with Gasteiger partial charge >= 0.3 is 5.97 Å². The van der Waals surface area contributed by atoms with Gasteiger partial charge in [-0.3, -0.25) is 4.79 Å². The summed E-state index contributed by atoms with van der Waals surface area (Å²) in [6.45, 7) is 0. The van der Waals surface area contributed by atoms with Crippen LogP contribution in [0.3, 0.4) is 0 Å². The van der Waals surface area contributed by atoms with E-state index in [4.69, 9.17) is 16.7 Å². The van der Waals surface area contributed by atoms with Crippen molar-refractivity contribution in [1.82, 2.24) is 5.43 Å². The number of carboxylic acids is 1. The second-order valence-electron chi connectivity index (χ2n) is 4.49. The van der Waals surface area contributed by atoms with Crippen LogP contribution in [0.5, 0.6) is 0 Å². The van der Waals surface area contributed by atoms with E-state index < -0.39 is 5.97 Å². The average Bonchev–Trinajstić information content (AvgIpc) is 2.50. The Morgan fingerprint density at radius 2 is 1.82 bits per heavy atom. The molecule has 0 aliphatic heterocycles. The van der Waals surface area contributed by atoms with Crippen molar-refractivity contribution in [2.45, 2.75) is 6.42 Å². The van der Waals surface area contributed by atoms with Gasteiger partial charge in [-0.2, -0.15) is 5.10 Å². The fourth-order valence-electron chi connectivity index (χ4n) is 1.81. The standard InChI is InChI=1S/C16H13ClN2O3/c17-13-7-5-11(6-8-13)9-15(20)19-18-10-12-3-1-2-4-14(12)16(21)22/h1-8,10H,9H2,(H,19,20)(H,21,22)/b18-10-. The number of halogens is 1. The molecule has 2 aromatic rings. The third kappa shape index (κ3) is 4.43. The maximum absolute atomic E-state index is 11.7. The molecule has 0 aliphatic carbocycles. The molecule has 0 bridgehead atoms. The van der Waals surface area contributed by atoms with Crippen molar-refractivity contribution >= 4 is 29.7 Å². The lowest BCUT2D eigenvalue weighted by Gasteiger charge is -2.02.